The lowest BCUT2D eigenvalue weighted by Gasteiger charge is -2.34. The van der Waals surface area contributed by atoms with Crippen LogP contribution in [0.5, 0.6) is 0 Å². The van der Waals surface area contributed by atoms with E-state index in [1.807, 2.05) is 0 Å². The van der Waals surface area contributed by atoms with Gasteiger partial charge in [-0.2, -0.15) is 18.3 Å². The van der Waals surface area contributed by atoms with Gasteiger partial charge in [0.2, 0.25) is 15.9 Å². The van der Waals surface area contributed by atoms with Gasteiger partial charge in [0.25, 0.3) is 11.8 Å². The molecule has 2 fully saturated rings. The third kappa shape index (κ3) is 6.93. The minimum atomic E-state index is -4.69. The first-order chi connectivity index (χ1) is 18.1. The number of halogens is 5. The summed E-state index contributed by atoms with van der Waals surface area (Å²) in [6.45, 7) is -1.02. The quantitative estimate of drug-likeness (QED) is 0.488. The molecule has 3 N–H and O–H groups in total. The number of likely N-dealkylation sites (tertiary alicyclic amines) is 1. The zero-order valence-corrected chi connectivity index (χ0v) is 21.6. The average molecular weight is 578 g/mol. The summed E-state index contributed by atoms with van der Waals surface area (Å²) in [4.78, 5) is 26.9. The number of primary sulfonamides is 1. The second-order valence-electron chi connectivity index (χ2n) is 9.92. The van der Waals surface area contributed by atoms with Gasteiger partial charge in [-0.15, -0.1) is 0 Å². The number of carbonyl (C=O) groups is 2. The predicted octanol–water partition coefficient (Wildman–Crippen LogP) is 3.33. The van der Waals surface area contributed by atoms with Crippen molar-refractivity contribution in [1.82, 2.24) is 20.0 Å². The number of carbonyl (C=O) groups excluding carboxylic acids is 2. The first kappa shape index (κ1) is 28.9. The topological polar surface area (TPSA) is 127 Å². The molecule has 1 aromatic heterocycles. The van der Waals surface area contributed by atoms with E-state index in [0.29, 0.717) is 12.8 Å². The second kappa shape index (κ2) is 10.8. The van der Waals surface area contributed by atoms with Gasteiger partial charge in [-0.05, 0) is 31.4 Å². The monoisotopic (exact) mass is 577 g/mol. The number of hydrogen-bond donors (Lipinski definition) is 2. The molecule has 2 aliphatic rings. The maximum Gasteiger partial charge on any atom is 0.417 e. The summed E-state index contributed by atoms with van der Waals surface area (Å²) in [5, 5.41) is 11.5. The van der Waals surface area contributed by atoms with Crippen LogP contribution in [0.1, 0.15) is 60.6 Å². The fourth-order valence-corrected chi connectivity index (χ4v) is 5.79. The highest BCUT2D eigenvalue weighted by molar-refractivity contribution is 7.89. The number of benzene rings is 1. The Morgan fingerprint density at radius 1 is 1.15 bits per heavy atom. The normalized spacial score (nSPS) is 19.2. The summed E-state index contributed by atoms with van der Waals surface area (Å²) in [6, 6.07) is 3.90. The van der Waals surface area contributed by atoms with Gasteiger partial charge in [0, 0.05) is 18.5 Å². The van der Waals surface area contributed by atoms with Crippen LogP contribution in [0.4, 0.5) is 22.0 Å². The summed E-state index contributed by atoms with van der Waals surface area (Å²) in [5.41, 5.74) is -1.45. The molecule has 39 heavy (non-hydrogen) atoms. The molecule has 1 aliphatic carbocycles. The summed E-state index contributed by atoms with van der Waals surface area (Å²) in [5.74, 6) is -6.35. The zero-order valence-electron chi connectivity index (χ0n) is 20.8. The van der Waals surface area contributed by atoms with Gasteiger partial charge in [-0.25, -0.2) is 22.3 Å². The zero-order chi connectivity index (χ0) is 28.6. The number of hydrogen-bond acceptors (Lipinski definition) is 5. The van der Waals surface area contributed by atoms with E-state index in [0.717, 1.165) is 29.9 Å². The van der Waals surface area contributed by atoms with Crippen molar-refractivity contribution in [1.29, 1.82) is 0 Å². The van der Waals surface area contributed by atoms with E-state index in [4.69, 9.17) is 5.14 Å². The molecule has 0 spiro atoms. The van der Waals surface area contributed by atoms with Crippen molar-refractivity contribution in [3.63, 3.8) is 0 Å². The van der Waals surface area contributed by atoms with Crippen molar-refractivity contribution >= 4 is 21.8 Å². The molecule has 1 unspecified atom stereocenters. The van der Waals surface area contributed by atoms with Crippen molar-refractivity contribution in [3.8, 4) is 11.3 Å². The maximum atomic E-state index is 13.9. The number of aromatic nitrogens is 2. The van der Waals surface area contributed by atoms with Crippen LogP contribution < -0.4 is 10.5 Å². The molecule has 2 amide bonds. The SMILES string of the molecule is NS(=O)(=O)CC(NC(=O)c1cc(-c2ccccc2C(F)(F)F)n(C2CCCC2)n1)C(=O)N1CCCC(F)(F)C1. The number of nitrogens with two attached hydrogens (primary N) is 1. The van der Waals surface area contributed by atoms with E-state index in [1.54, 1.807) is 0 Å². The van der Waals surface area contributed by atoms with E-state index < -0.39 is 64.3 Å². The Balaban J connectivity index is 1.68. The van der Waals surface area contributed by atoms with Crippen LogP contribution >= 0.6 is 0 Å². The minimum absolute atomic E-state index is 0.0252. The molecule has 1 aromatic carbocycles. The number of amides is 2. The van der Waals surface area contributed by atoms with Crippen LogP contribution in [0.2, 0.25) is 0 Å². The van der Waals surface area contributed by atoms with Gasteiger partial charge in [-0.3, -0.25) is 14.3 Å². The maximum absolute atomic E-state index is 13.9. The molecule has 0 radical (unpaired) electrons. The Hall–Kier alpha value is -3.07. The Morgan fingerprint density at radius 3 is 2.44 bits per heavy atom. The Bertz CT molecular complexity index is 1340. The molecule has 1 saturated heterocycles. The molecular weight excluding hydrogens is 549 g/mol. The Kier molecular flexibility index (Phi) is 8.03. The molecule has 15 heteroatoms. The van der Waals surface area contributed by atoms with Gasteiger partial charge in [0.15, 0.2) is 5.69 Å². The summed E-state index contributed by atoms with van der Waals surface area (Å²) < 4.78 is 94.1. The molecule has 2 heterocycles. The third-order valence-corrected chi connectivity index (χ3v) is 7.65. The van der Waals surface area contributed by atoms with Gasteiger partial charge in [-0.1, -0.05) is 31.0 Å². The highest BCUT2D eigenvalue weighted by Gasteiger charge is 2.40. The van der Waals surface area contributed by atoms with E-state index in [-0.39, 0.29) is 36.0 Å². The number of alkyl halides is 5. The Labute approximate surface area is 221 Å². The van der Waals surface area contributed by atoms with Gasteiger partial charge in [0.1, 0.15) is 6.04 Å². The lowest BCUT2D eigenvalue weighted by molar-refractivity contribution is -0.143. The van der Waals surface area contributed by atoms with Crippen molar-refractivity contribution in [2.24, 2.45) is 5.14 Å². The number of rotatable bonds is 7. The van der Waals surface area contributed by atoms with Crippen molar-refractivity contribution in [3.05, 3.63) is 41.6 Å². The standard InChI is InChI=1S/C24H28F5N5O4S/c25-23(26)10-5-11-33(14-23)22(36)19(13-39(30,37)38)31-21(35)18-12-20(34(32-18)15-6-1-2-7-15)16-8-3-4-9-17(16)24(27,28)29/h3-4,8-9,12,15,19H,1-2,5-7,10-11,13-14H2,(H,31,35)(H2,30,37,38). The lowest BCUT2D eigenvalue weighted by Crippen LogP contribution is -2.56. The molecule has 2 aromatic rings. The number of sulfonamides is 1. The van der Waals surface area contributed by atoms with E-state index in [2.05, 4.69) is 10.4 Å². The van der Waals surface area contributed by atoms with Crippen LogP contribution in [0.3, 0.4) is 0 Å². The third-order valence-electron chi connectivity index (χ3n) is 6.85. The van der Waals surface area contributed by atoms with Crippen molar-refractivity contribution in [2.45, 2.75) is 62.7 Å². The molecular formula is C24H28F5N5O4S. The molecule has 9 nitrogen and oxygen atoms in total. The predicted molar refractivity (Wildman–Crippen MR) is 130 cm³/mol. The fraction of sp³-hybridized carbons (Fsp3) is 0.542. The van der Waals surface area contributed by atoms with Crippen molar-refractivity contribution < 1.29 is 40.0 Å². The molecule has 1 aliphatic heterocycles. The largest absolute Gasteiger partial charge is 0.417 e. The van der Waals surface area contributed by atoms with Crippen LogP contribution in [0.15, 0.2) is 30.3 Å². The average Bonchev–Trinajstić information content (AvgIpc) is 3.51. The number of nitrogens with one attached hydrogen (secondary N) is 1. The smallest absolute Gasteiger partial charge is 0.338 e. The summed E-state index contributed by atoms with van der Waals surface area (Å²) in [6.07, 6.45) is -2.27. The molecule has 214 valence electrons. The number of piperidine rings is 1. The van der Waals surface area contributed by atoms with Crippen LogP contribution in [-0.2, 0) is 21.0 Å². The second-order valence-corrected chi connectivity index (χ2v) is 11.6. The summed E-state index contributed by atoms with van der Waals surface area (Å²) in [7, 11) is -4.34. The first-order valence-corrected chi connectivity index (χ1v) is 14.1. The van der Waals surface area contributed by atoms with Crippen LogP contribution in [0.25, 0.3) is 11.3 Å². The first-order valence-electron chi connectivity index (χ1n) is 12.4. The highest BCUT2D eigenvalue weighted by atomic mass is 32.2. The van der Waals surface area contributed by atoms with Crippen LogP contribution in [0, 0.1) is 0 Å². The molecule has 1 saturated carbocycles. The van der Waals surface area contributed by atoms with E-state index in [9.17, 15) is 40.0 Å². The van der Waals surface area contributed by atoms with Crippen molar-refractivity contribution in [2.75, 3.05) is 18.8 Å². The summed E-state index contributed by atoms with van der Waals surface area (Å²) >= 11 is 0. The van der Waals surface area contributed by atoms with E-state index >= 15 is 0 Å². The minimum Gasteiger partial charge on any atom is -0.338 e. The van der Waals surface area contributed by atoms with Gasteiger partial charge in [0.05, 0.1) is 29.6 Å². The number of nitrogens with zero attached hydrogens (tertiary/aromatic N) is 3. The molecule has 0 bridgehead atoms. The van der Waals surface area contributed by atoms with E-state index in [1.165, 1.54) is 22.9 Å². The van der Waals surface area contributed by atoms with Gasteiger partial charge < -0.3 is 10.2 Å². The van der Waals surface area contributed by atoms with Gasteiger partial charge >= 0.3 is 6.18 Å². The molecule has 1 atom stereocenters. The van der Waals surface area contributed by atoms with Crippen LogP contribution in [-0.4, -0.2) is 65.7 Å². The Morgan fingerprint density at radius 2 is 1.82 bits per heavy atom. The molecule has 4 rings (SSSR count). The fourth-order valence-electron chi connectivity index (χ4n) is 5.10. The lowest BCUT2D eigenvalue weighted by atomic mass is 10.0. The highest BCUT2D eigenvalue weighted by Crippen LogP contribution is 2.40.